The number of benzene rings is 1. The van der Waals surface area contributed by atoms with Gasteiger partial charge in [0, 0.05) is 5.56 Å². The van der Waals surface area contributed by atoms with E-state index in [4.69, 9.17) is 10.5 Å². The highest BCUT2D eigenvalue weighted by Crippen LogP contribution is 2.24. The van der Waals surface area contributed by atoms with Crippen molar-refractivity contribution in [3.63, 3.8) is 0 Å². The van der Waals surface area contributed by atoms with Crippen LogP contribution in [0.25, 0.3) is 6.08 Å². The first-order chi connectivity index (χ1) is 7.69. The van der Waals surface area contributed by atoms with Gasteiger partial charge in [0.1, 0.15) is 5.75 Å². The number of hydrogen-bond donors (Lipinski definition) is 1. The summed E-state index contributed by atoms with van der Waals surface area (Å²) in [5, 5.41) is 0. The van der Waals surface area contributed by atoms with E-state index >= 15 is 0 Å². The van der Waals surface area contributed by atoms with Gasteiger partial charge >= 0.3 is 0 Å². The van der Waals surface area contributed by atoms with E-state index in [9.17, 15) is 0 Å². The smallest absolute Gasteiger partial charge is 0.126 e. The molecule has 16 heavy (non-hydrogen) atoms. The lowest BCUT2D eigenvalue weighted by Gasteiger charge is -2.08. The number of aryl methyl sites for hydroxylation is 2. The summed E-state index contributed by atoms with van der Waals surface area (Å²) in [5.41, 5.74) is 9.14. The Morgan fingerprint density at radius 1 is 1.25 bits per heavy atom. The summed E-state index contributed by atoms with van der Waals surface area (Å²) in [6, 6.07) is 4.24. The molecule has 0 bridgehead atoms. The highest BCUT2D eigenvalue weighted by Gasteiger charge is 2.02. The fourth-order valence-electron chi connectivity index (χ4n) is 1.57. The van der Waals surface area contributed by atoms with E-state index in [2.05, 4.69) is 38.1 Å². The Labute approximate surface area is 98.1 Å². The molecule has 0 spiro atoms. The molecule has 0 radical (unpaired) electrons. The Hall–Kier alpha value is -1.28. The highest BCUT2D eigenvalue weighted by atomic mass is 16.5. The second kappa shape index (κ2) is 6.33. The molecule has 0 unspecified atom stereocenters. The van der Waals surface area contributed by atoms with Crippen molar-refractivity contribution in [3.05, 3.63) is 34.9 Å². The molecule has 0 aromatic heterocycles. The average Bonchev–Trinajstić information content (AvgIpc) is 2.28. The van der Waals surface area contributed by atoms with Gasteiger partial charge in [0.15, 0.2) is 0 Å². The lowest BCUT2D eigenvalue weighted by Crippen LogP contribution is -1.96. The third kappa shape index (κ3) is 3.38. The molecule has 0 aliphatic heterocycles. The van der Waals surface area contributed by atoms with E-state index in [-0.39, 0.29) is 0 Å². The first-order valence-corrected chi connectivity index (χ1v) is 5.71. The summed E-state index contributed by atoms with van der Waals surface area (Å²) < 4.78 is 5.36. The molecule has 0 saturated heterocycles. The monoisotopic (exact) mass is 219 g/mol. The van der Waals surface area contributed by atoms with E-state index in [1.165, 1.54) is 11.1 Å². The molecule has 88 valence electrons. The van der Waals surface area contributed by atoms with E-state index in [1.807, 2.05) is 0 Å². The number of ether oxygens (including phenoxy) is 1. The molecular weight excluding hydrogens is 198 g/mol. The summed E-state index contributed by atoms with van der Waals surface area (Å²) in [6.07, 6.45) is 6.32. The van der Waals surface area contributed by atoms with Crippen molar-refractivity contribution in [3.8, 4) is 5.75 Å². The molecule has 2 heteroatoms. The number of allylic oxidation sites excluding steroid dienone is 1. The predicted molar refractivity (Wildman–Crippen MR) is 69.8 cm³/mol. The van der Waals surface area contributed by atoms with Crippen molar-refractivity contribution in [2.75, 3.05) is 13.7 Å². The lowest BCUT2D eigenvalue weighted by atomic mass is 10.0. The zero-order chi connectivity index (χ0) is 12.0. The summed E-state index contributed by atoms with van der Waals surface area (Å²) in [4.78, 5) is 0. The summed E-state index contributed by atoms with van der Waals surface area (Å²) in [5.74, 6) is 0.937. The second-order valence-corrected chi connectivity index (χ2v) is 4.01. The number of hydrogen-bond acceptors (Lipinski definition) is 2. The second-order valence-electron chi connectivity index (χ2n) is 4.01. The van der Waals surface area contributed by atoms with Crippen molar-refractivity contribution in [1.82, 2.24) is 0 Å². The topological polar surface area (TPSA) is 35.2 Å². The molecule has 1 aromatic carbocycles. The zero-order valence-corrected chi connectivity index (χ0v) is 10.4. The molecule has 0 saturated carbocycles. The van der Waals surface area contributed by atoms with E-state index < -0.39 is 0 Å². The standard InChI is InChI=1S/C14H21NO/c1-11-9-13(7-5-4-6-8-15)14(16-3)10-12(11)2/h5,7,9-10H,4,6,8,15H2,1-3H3/b7-5+. The third-order valence-corrected chi connectivity index (χ3v) is 2.72. The van der Waals surface area contributed by atoms with E-state index in [1.54, 1.807) is 7.11 Å². The molecule has 0 aliphatic rings. The molecule has 2 N–H and O–H groups in total. The zero-order valence-electron chi connectivity index (χ0n) is 10.4. The minimum Gasteiger partial charge on any atom is -0.496 e. The van der Waals surface area contributed by atoms with Crippen LogP contribution in [0.5, 0.6) is 5.75 Å². The molecule has 2 nitrogen and oxygen atoms in total. The Balaban J connectivity index is 2.85. The van der Waals surface area contributed by atoms with Crippen LogP contribution in [-0.2, 0) is 0 Å². The Bertz CT molecular complexity index is 369. The van der Waals surface area contributed by atoms with Gasteiger partial charge in [-0.05, 0) is 56.5 Å². The van der Waals surface area contributed by atoms with Gasteiger partial charge in [0.2, 0.25) is 0 Å². The summed E-state index contributed by atoms with van der Waals surface area (Å²) in [7, 11) is 1.71. The van der Waals surface area contributed by atoms with Gasteiger partial charge in [-0.3, -0.25) is 0 Å². The number of rotatable bonds is 5. The van der Waals surface area contributed by atoms with Crippen molar-refractivity contribution >= 4 is 6.08 Å². The van der Waals surface area contributed by atoms with Gasteiger partial charge in [-0.2, -0.15) is 0 Å². The maximum atomic E-state index is 5.45. The molecule has 0 amide bonds. The maximum Gasteiger partial charge on any atom is 0.126 e. The van der Waals surface area contributed by atoms with Crippen molar-refractivity contribution in [2.24, 2.45) is 5.73 Å². The summed E-state index contributed by atoms with van der Waals surface area (Å²) >= 11 is 0. The fourth-order valence-corrected chi connectivity index (χ4v) is 1.57. The van der Waals surface area contributed by atoms with Crippen molar-refractivity contribution in [2.45, 2.75) is 26.7 Å². The number of nitrogens with two attached hydrogens (primary N) is 1. The maximum absolute atomic E-state index is 5.45. The lowest BCUT2D eigenvalue weighted by molar-refractivity contribution is 0.413. The van der Waals surface area contributed by atoms with Crippen LogP contribution in [0.1, 0.15) is 29.5 Å². The quantitative estimate of drug-likeness (QED) is 0.772. The van der Waals surface area contributed by atoms with Crippen LogP contribution in [0.4, 0.5) is 0 Å². The number of unbranched alkanes of at least 4 members (excludes halogenated alkanes) is 1. The Morgan fingerprint density at radius 2 is 1.94 bits per heavy atom. The van der Waals surface area contributed by atoms with Gasteiger partial charge in [0.25, 0.3) is 0 Å². The average molecular weight is 219 g/mol. The molecule has 0 fully saturated rings. The molecule has 0 atom stereocenters. The SMILES string of the molecule is COc1cc(C)c(C)cc1/C=C/CCCN. The molecule has 1 aromatic rings. The number of methoxy groups -OCH3 is 1. The largest absolute Gasteiger partial charge is 0.496 e. The van der Waals surface area contributed by atoms with Crippen LogP contribution in [0, 0.1) is 13.8 Å². The van der Waals surface area contributed by atoms with Crippen LogP contribution in [0.2, 0.25) is 0 Å². The van der Waals surface area contributed by atoms with Crippen LogP contribution >= 0.6 is 0 Å². The van der Waals surface area contributed by atoms with Crippen LogP contribution in [0.3, 0.4) is 0 Å². The van der Waals surface area contributed by atoms with E-state index in [0.717, 1.165) is 30.7 Å². The minimum atomic E-state index is 0.744. The van der Waals surface area contributed by atoms with Gasteiger partial charge in [-0.15, -0.1) is 0 Å². The van der Waals surface area contributed by atoms with Crippen LogP contribution in [-0.4, -0.2) is 13.7 Å². The summed E-state index contributed by atoms with van der Waals surface area (Å²) in [6.45, 7) is 4.96. The first kappa shape index (κ1) is 12.8. The Kier molecular flexibility index (Phi) is 5.06. The Morgan fingerprint density at radius 3 is 2.56 bits per heavy atom. The molecule has 1 rings (SSSR count). The van der Waals surface area contributed by atoms with E-state index in [0.29, 0.717) is 0 Å². The van der Waals surface area contributed by atoms with Crippen LogP contribution in [0.15, 0.2) is 18.2 Å². The first-order valence-electron chi connectivity index (χ1n) is 5.71. The fraction of sp³-hybridized carbons (Fsp3) is 0.429. The molecule has 0 heterocycles. The van der Waals surface area contributed by atoms with Gasteiger partial charge in [0.05, 0.1) is 7.11 Å². The predicted octanol–water partition coefficient (Wildman–Crippen LogP) is 3.06. The molecule has 0 aliphatic carbocycles. The minimum absolute atomic E-state index is 0.744. The van der Waals surface area contributed by atoms with Crippen LogP contribution < -0.4 is 10.5 Å². The molecular formula is C14H21NO. The van der Waals surface area contributed by atoms with Crippen molar-refractivity contribution < 1.29 is 4.74 Å². The highest BCUT2D eigenvalue weighted by molar-refractivity contribution is 5.59. The third-order valence-electron chi connectivity index (χ3n) is 2.72. The van der Waals surface area contributed by atoms with Gasteiger partial charge < -0.3 is 10.5 Å². The van der Waals surface area contributed by atoms with Gasteiger partial charge in [-0.1, -0.05) is 12.2 Å². The normalized spacial score (nSPS) is 11.0. The van der Waals surface area contributed by atoms with Gasteiger partial charge in [-0.25, -0.2) is 0 Å². The van der Waals surface area contributed by atoms with Crippen molar-refractivity contribution in [1.29, 1.82) is 0 Å².